The number of hydrogen-bond acceptors (Lipinski definition) is 10. The third-order valence-electron chi connectivity index (χ3n) is 7.06. The Hall–Kier alpha value is -3.68. The molecule has 12 nitrogen and oxygen atoms in total. The number of piperidine rings is 1. The average Bonchev–Trinajstić information content (AvgIpc) is 2.99. The van der Waals surface area contributed by atoms with Gasteiger partial charge in [0.25, 0.3) is 5.91 Å². The molecule has 4 N–H and O–H groups in total. The SMILES string of the molecule is CO[C@H]1CN(c2cccc(C(=O)NCC(NS(=O)(=O)c3ccccc3)C(=O)OC(C)(C)C)c2)CCC1NC1=NCCCN1. The minimum atomic E-state index is -4.05. The lowest BCUT2D eigenvalue weighted by molar-refractivity contribution is -0.156. The van der Waals surface area contributed by atoms with Crippen LogP contribution in [0.15, 0.2) is 64.5 Å². The summed E-state index contributed by atoms with van der Waals surface area (Å²) in [6, 6.07) is 13.6. The van der Waals surface area contributed by atoms with Crippen LogP contribution in [0.5, 0.6) is 0 Å². The highest BCUT2D eigenvalue weighted by Crippen LogP contribution is 2.23. The molecule has 4 rings (SSSR count). The largest absolute Gasteiger partial charge is 0.459 e. The van der Waals surface area contributed by atoms with Gasteiger partial charge < -0.3 is 30.3 Å². The van der Waals surface area contributed by atoms with Crippen molar-refractivity contribution in [2.45, 2.75) is 62.3 Å². The monoisotopic (exact) mass is 614 g/mol. The van der Waals surface area contributed by atoms with E-state index in [2.05, 4.69) is 30.6 Å². The topological polar surface area (TPSA) is 150 Å². The van der Waals surface area contributed by atoms with E-state index in [9.17, 15) is 18.0 Å². The van der Waals surface area contributed by atoms with E-state index in [1.165, 1.54) is 12.1 Å². The maximum absolute atomic E-state index is 13.2. The fourth-order valence-corrected chi connectivity index (χ4v) is 6.11. The number of nitrogens with one attached hydrogen (secondary N) is 4. The Morgan fingerprint density at radius 1 is 1.14 bits per heavy atom. The summed E-state index contributed by atoms with van der Waals surface area (Å²) in [5.41, 5.74) is 0.381. The third-order valence-corrected chi connectivity index (χ3v) is 8.55. The molecular weight excluding hydrogens is 572 g/mol. The number of anilines is 1. The maximum atomic E-state index is 13.2. The third kappa shape index (κ3) is 9.15. The summed E-state index contributed by atoms with van der Waals surface area (Å²) in [6.07, 6.45) is 1.74. The Bertz CT molecular complexity index is 1400. The van der Waals surface area contributed by atoms with E-state index in [1.807, 2.05) is 6.07 Å². The highest BCUT2D eigenvalue weighted by Gasteiger charge is 2.32. The number of rotatable bonds is 10. The number of carbonyl (C=O) groups excluding carboxylic acids is 2. The maximum Gasteiger partial charge on any atom is 0.326 e. The summed E-state index contributed by atoms with van der Waals surface area (Å²) in [5.74, 6) is -0.436. The molecule has 234 valence electrons. The Morgan fingerprint density at radius 2 is 1.91 bits per heavy atom. The molecule has 2 aliphatic heterocycles. The van der Waals surface area contributed by atoms with Crippen LogP contribution >= 0.6 is 0 Å². The van der Waals surface area contributed by atoms with Crippen LogP contribution in [0.3, 0.4) is 0 Å². The van der Waals surface area contributed by atoms with Crippen LogP contribution in [0.2, 0.25) is 0 Å². The van der Waals surface area contributed by atoms with Gasteiger partial charge in [0.2, 0.25) is 10.0 Å². The molecule has 0 spiro atoms. The zero-order valence-corrected chi connectivity index (χ0v) is 25.9. The molecule has 2 aromatic rings. The molecule has 1 amide bonds. The van der Waals surface area contributed by atoms with E-state index in [0.29, 0.717) is 12.1 Å². The lowest BCUT2D eigenvalue weighted by atomic mass is 10.0. The van der Waals surface area contributed by atoms with Gasteiger partial charge in [0.05, 0.1) is 17.0 Å². The zero-order chi connectivity index (χ0) is 31.0. The Balaban J connectivity index is 1.42. The predicted molar refractivity (Wildman–Crippen MR) is 165 cm³/mol. The van der Waals surface area contributed by atoms with Crippen molar-refractivity contribution in [3.05, 3.63) is 60.2 Å². The molecular formula is C30H42N6O6S. The normalized spacial score (nSPS) is 19.9. The van der Waals surface area contributed by atoms with Gasteiger partial charge in [-0.25, -0.2) is 8.42 Å². The number of ether oxygens (including phenoxy) is 2. The van der Waals surface area contributed by atoms with Crippen molar-refractivity contribution >= 4 is 33.5 Å². The molecule has 2 heterocycles. The minimum absolute atomic E-state index is 0.00101. The first-order chi connectivity index (χ1) is 20.4. The van der Waals surface area contributed by atoms with Crippen molar-refractivity contribution in [2.75, 3.05) is 44.7 Å². The quantitative estimate of drug-likeness (QED) is 0.293. The number of sulfonamides is 1. The van der Waals surface area contributed by atoms with Gasteiger partial charge in [0.15, 0.2) is 5.96 Å². The van der Waals surface area contributed by atoms with Gasteiger partial charge in [-0.2, -0.15) is 4.72 Å². The molecule has 0 radical (unpaired) electrons. The number of amides is 1. The number of benzene rings is 2. The first-order valence-corrected chi connectivity index (χ1v) is 15.9. The Morgan fingerprint density at radius 3 is 2.58 bits per heavy atom. The number of aliphatic imine (C=N–C) groups is 1. The summed E-state index contributed by atoms with van der Waals surface area (Å²) in [7, 11) is -2.36. The molecule has 0 aromatic heterocycles. The van der Waals surface area contributed by atoms with Crippen LogP contribution in [0.4, 0.5) is 5.69 Å². The van der Waals surface area contributed by atoms with Crippen molar-refractivity contribution in [2.24, 2.45) is 4.99 Å². The number of nitrogens with zero attached hydrogens (tertiary/aromatic N) is 2. The molecule has 2 unspecified atom stereocenters. The predicted octanol–water partition coefficient (Wildman–Crippen LogP) is 1.64. The van der Waals surface area contributed by atoms with Crippen molar-refractivity contribution in [3.63, 3.8) is 0 Å². The lowest BCUT2D eigenvalue weighted by Crippen LogP contribution is -2.57. The molecule has 2 aliphatic rings. The minimum Gasteiger partial charge on any atom is -0.459 e. The van der Waals surface area contributed by atoms with E-state index < -0.39 is 33.5 Å². The van der Waals surface area contributed by atoms with Crippen molar-refractivity contribution in [1.29, 1.82) is 0 Å². The first kappa shape index (κ1) is 32.2. The van der Waals surface area contributed by atoms with E-state index in [1.54, 1.807) is 64.3 Å². The van der Waals surface area contributed by atoms with Crippen molar-refractivity contribution in [1.82, 2.24) is 20.7 Å². The summed E-state index contributed by atoms with van der Waals surface area (Å²) in [6.45, 7) is 7.83. The number of carbonyl (C=O) groups is 2. The van der Waals surface area contributed by atoms with E-state index in [0.717, 1.165) is 44.1 Å². The molecule has 2 aromatic carbocycles. The lowest BCUT2D eigenvalue weighted by Gasteiger charge is -2.40. The van der Waals surface area contributed by atoms with Gasteiger partial charge in [0, 0.05) is 51.1 Å². The average molecular weight is 615 g/mol. The number of guanidine groups is 1. The fraction of sp³-hybridized carbons (Fsp3) is 0.500. The molecule has 0 aliphatic carbocycles. The fourth-order valence-electron chi connectivity index (χ4n) is 4.90. The smallest absolute Gasteiger partial charge is 0.326 e. The standard InChI is InChI=1S/C30H42N6O6S/c1-30(2,3)42-28(38)25(35-43(39,40)23-12-6-5-7-13-23)19-33-27(37)21-10-8-11-22(18-21)36-17-14-24(26(20-36)41-4)34-29-31-15-9-16-32-29/h5-8,10-13,18,24-26,35H,9,14-17,19-20H2,1-4H3,(H,33,37)(H2,31,32,34)/t24?,25?,26-/m0/s1. The van der Waals surface area contributed by atoms with Crippen LogP contribution in [0.25, 0.3) is 0 Å². The molecule has 1 saturated heterocycles. The Kier molecular flexibility index (Phi) is 10.6. The number of methoxy groups -OCH3 is 1. The summed E-state index contributed by atoms with van der Waals surface area (Å²) in [4.78, 5) is 32.8. The number of esters is 1. The van der Waals surface area contributed by atoms with Gasteiger partial charge >= 0.3 is 5.97 Å². The molecule has 43 heavy (non-hydrogen) atoms. The van der Waals surface area contributed by atoms with Gasteiger partial charge in [-0.15, -0.1) is 0 Å². The van der Waals surface area contributed by atoms with Gasteiger partial charge in [-0.3, -0.25) is 14.6 Å². The van der Waals surface area contributed by atoms with Crippen LogP contribution < -0.4 is 25.6 Å². The summed E-state index contributed by atoms with van der Waals surface area (Å²) < 4.78 is 39.6. The first-order valence-electron chi connectivity index (χ1n) is 14.5. The van der Waals surface area contributed by atoms with Crippen LogP contribution in [-0.4, -0.2) is 89.9 Å². The molecule has 0 bridgehead atoms. The van der Waals surface area contributed by atoms with Crippen LogP contribution in [0, 0.1) is 0 Å². The van der Waals surface area contributed by atoms with Gasteiger partial charge in [0.1, 0.15) is 11.6 Å². The molecule has 1 fully saturated rings. The van der Waals surface area contributed by atoms with Crippen molar-refractivity contribution < 1.29 is 27.5 Å². The second-order valence-electron chi connectivity index (χ2n) is 11.6. The summed E-state index contributed by atoms with van der Waals surface area (Å²) in [5, 5.41) is 9.47. The molecule has 3 atom stereocenters. The van der Waals surface area contributed by atoms with Crippen LogP contribution in [-0.2, 0) is 24.3 Å². The second-order valence-corrected chi connectivity index (χ2v) is 13.3. The van der Waals surface area contributed by atoms with E-state index in [-0.39, 0.29) is 23.6 Å². The highest BCUT2D eigenvalue weighted by molar-refractivity contribution is 7.89. The van der Waals surface area contributed by atoms with Crippen molar-refractivity contribution in [3.8, 4) is 0 Å². The second kappa shape index (κ2) is 14.2. The summed E-state index contributed by atoms with van der Waals surface area (Å²) >= 11 is 0. The van der Waals surface area contributed by atoms with Crippen LogP contribution in [0.1, 0.15) is 44.0 Å². The molecule has 13 heteroatoms. The van der Waals surface area contributed by atoms with Gasteiger partial charge in [-0.05, 0) is 63.9 Å². The van der Waals surface area contributed by atoms with E-state index >= 15 is 0 Å². The molecule has 0 saturated carbocycles. The van der Waals surface area contributed by atoms with E-state index in [4.69, 9.17) is 9.47 Å². The number of hydrogen-bond donors (Lipinski definition) is 4. The Labute approximate surface area is 253 Å². The highest BCUT2D eigenvalue weighted by atomic mass is 32.2. The zero-order valence-electron chi connectivity index (χ0n) is 25.1. The van der Waals surface area contributed by atoms with Gasteiger partial charge in [-0.1, -0.05) is 24.3 Å².